The smallest absolute Gasteiger partial charge is 0.154 e. The molecule has 64 valence electrons. The highest BCUT2D eigenvalue weighted by Gasteiger charge is 2.10. The monoisotopic (exact) mass is 290 g/mol. The summed E-state index contributed by atoms with van der Waals surface area (Å²) < 4.78 is 0.989. The first kappa shape index (κ1) is 9.93. The fourth-order valence-corrected chi connectivity index (χ4v) is 1.57. The number of rotatable bonds is 2. The van der Waals surface area contributed by atoms with Crippen LogP contribution >= 0.6 is 31.9 Å². The zero-order valence-corrected chi connectivity index (χ0v) is 9.51. The second-order valence-corrected chi connectivity index (χ2v) is 3.90. The fraction of sp³-hybridized carbons (Fsp3) is 0.222. The van der Waals surface area contributed by atoms with Gasteiger partial charge >= 0.3 is 0 Å². The lowest BCUT2D eigenvalue weighted by Crippen LogP contribution is -2.10. The number of carbonyl (C=O) groups is 1. The van der Waals surface area contributed by atoms with Gasteiger partial charge in [-0.2, -0.15) is 0 Å². The van der Waals surface area contributed by atoms with E-state index in [2.05, 4.69) is 31.9 Å². The fourth-order valence-electron chi connectivity index (χ4n) is 0.886. The summed E-state index contributed by atoms with van der Waals surface area (Å²) in [5.74, 6) is 0.0915. The van der Waals surface area contributed by atoms with Gasteiger partial charge in [-0.3, -0.25) is 4.79 Å². The molecule has 0 N–H and O–H groups in total. The predicted octanol–water partition coefficient (Wildman–Crippen LogP) is 2.97. The summed E-state index contributed by atoms with van der Waals surface area (Å²) in [6, 6.07) is 0. The molecule has 0 aromatic heterocycles. The zero-order chi connectivity index (χ0) is 8.97. The van der Waals surface area contributed by atoms with E-state index in [0.717, 1.165) is 4.48 Å². The topological polar surface area (TPSA) is 17.1 Å². The first-order valence-corrected chi connectivity index (χ1v) is 5.46. The van der Waals surface area contributed by atoms with E-state index in [1.807, 2.05) is 30.4 Å². The Bertz CT molecular complexity index is 264. The summed E-state index contributed by atoms with van der Waals surface area (Å²) in [5, 5.41) is 0.407. The van der Waals surface area contributed by atoms with Crippen molar-refractivity contribution in [3.05, 3.63) is 34.9 Å². The zero-order valence-electron chi connectivity index (χ0n) is 6.34. The summed E-state index contributed by atoms with van der Waals surface area (Å²) in [6.07, 6.45) is 9.46. The van der Waals surface area contributed by atoms with Crippen LogP contribution < -0.4 is 0 Å². The second-order valence-electron chi connectivity index (χ2n) is 2.42. The van der Waals surface area contributed by atoms with Crippen LogP contribution in [0.5, 0.6) is 0 Å². The van der Waals surface area contributed by atoms with Gasteiger partial charge in [0, 0.05) is 4.48 Å². The molecular weight excluding hydrogens is 284 g/mol. The van der Waals surface area contributed by atoms with E-state index in [4.69, 9.17) is 0 Å². The van der Waals surface area contributed by atoms with Crippen molar-refractivity contribution < 1.29 is 4.79 Å². The Morgan fingerprint density at radius 3 is 2.92 bits per heavy atom. The molecule has 1 aliphatic rings. The van der Waals surface area contributed by atoms with Crippen LogP contribution in [0.4, 0.5) is 0 Å². The van der Waals surface area contributed by atoms with E-state index in [1.165, 1.54) is 0 Å². The van der Waals surface area contributed by atoms with Gasteiger partial charge in [-0.1, -0.05) is 56.2 Å². The normalized spacial score (nSPS) is 21.8. The molecule has 0 aromatic carbocycles. The molecule has 12 heavy (non-hydrogen) atoms. The first-order valence-electron chi connectivity index (χ1n) is 3.55. The number of allylic oxidation sites excluding steroid dienone is 6. The molecule has 0 aliphatic heterocycles. The molecule has 0 saturated heterocycles. The van der Waals surface area contributed by atoms with Crippen molar-refractivity contribution in [3.8, 4) is 0 Å². The van der Waals surface area contributed by atoms with Crippen LogP contribution in [0.15, 0.2) is 34.9 Å². The molecule has 1 nitrogen and oxygen atoms in total. The van der Waals surface area contributed by atoms with E-state index in [1.54, 1.807) is 0 Å². The van der Waals surface area contributed by atoms with Gasteiger partial charge in [0.2, 0.25) is 0 Å². The summed E-state index contributed by atoms with van der Waals surface area (Å²) in [4.78, 5) is 11.2. The minimum absolute atomic E-state index is 0.0873. The van der Waals surface area contributed by atoms with Gasteiger partial charge < -0.3 is 0 Å². The van der Waals surface area contributed by atoms with Gasteiger partial charge in [-0.25, -0.2) is 0 Å². The molecule has 0 bridgehead atoms. The average molecular weight is 292 g/mol. The quantitative estimate of drug-likeness (QED) is 0.715. The molecule has 0 radical (unpaired) electrons. The third-order valence-electron chi connectivity index (χ3n) is 1.54. The number of ketones is 1. The molecule has 1 rings (SSSR count). The molecule has 0 saturated carbocycles. The predicted molar refractivity (Wildman–Crippen MR) is 57.6 cm³/mol. The number of hydrogen-bond donors (Lipinski definition) is 0. The van der Waals surface area contributed by atoms with E-state index < -0.39 is 0 Å². The maximum Gasteiger partial charge on any atom is 0.154 e. The lowest BCUT2D eigenvalue weighted by Gasteiger charge is -2.01. The molecule has 1 atom stereocenters. The van der Waals surface area contributed by atoms with Gasteiger partial charge in [0.25, 0.3) is 0 Å². The van der Waals surface area contributed by atoms with Crippen LogP contribution in [0.25, 0.3) is 0 Å². The van der Waals surface area contributed by atoms with E-state index in [-0.39, 0.29) is 11.7 Å². The maximum atomic E-state index is 11.2. The molecule has 3 heteroatoms. The van der Waals surface area contributed by atoms with Crippen molar-refractivity contribution in [3.63, 3.8) is 0 Å². The molecular formula is C9H8Br2O. The highest BCUT2D eigenvalue weighted by atomic mass is 79.9. The molecule has 0 spiro atoms. The Morgan fingerprint density at radius 1 is 1.50 bits per heavy atom. The van der Waals surface area contributed by atoms with Crippen molar-refractivity contribution in [1.29, 1.82) is 0 Å². The van der Waals surface area contributed by atoms with Crippen LogP contribution in [-0.4, -0.2) is 11.1 Å². The van der Waals surface area contributed by atoms with Crippen LogP contribution in [0, 0.1) is 5.92 Å². The van der Waals surface area contributed by atoms with Gasteiger partial charge in [0.1, 0.15) is 0 Å². The molecule has 0 heterocycles. The highest BCUT2D eigenvalue weighted by molar-refractivity contribution is 9.11. The lowest BCUT2D eigenvalue weighted by molar-refractivity contribution is -0.117. The minimum atomic E-state index is -0.0873. The minimum Gasteiger partial charge on any atom is -0.298 e. The lowest BCUT2D eigenvalue weighted by atomic mass is 10.1. The van der Waals surface area contributed by atoms with Crippen molar-refractivity contribution >= 4 is 37.6 Å². The highest BCUT2D eigenvalue weighted by Crippen LogP contribution is 2.15. The number of alkyl halides is 1. The Kier molecular flexibility index (Phi) is 3.95. The number of Topliss-reactive ketones (excluding diaryl/α,β-unsaturated/α-hetero) is 1. The van der Waals surface area contributed by atoms with E-state index >= 15 is 0 Å². The molecule has 0 fully saturated rings. The van der Waals surface area contributed by atoms with E-state index in [0.29, 0.717) is 5.33 Å². The van der Waals surface area contributed by atoms with Crippen LogP contribution in [0.1, 0.15) is 0 Å². The Morgan fingerprint density at radius 2 is 2.25 bits per heavy atom. The van der Waals surface area contributed by atoms with E-state index in [9.17, 15) is 4.79 Å². The SMILES string of the molecule is O=C(CBr)C1C=CC=C(Br)C=C1. The largest absolute Gasteiger partial charge is 0.298 e. The third-order valence-corrected chi connectivity index (χ3v) is 2.62. The van der Waals surface area contributed by atoms with Crippen molar-refractivity contribution in [2.75, 3.05) is 5.33 Å². The summed E-state index contributed by atoms with van der Waals surface area (Å²) in [6.45, 7) is 0. The Hall–Kier alpha value is -0.150. The summed E-state index contributed by atoms with van der Waals surface area (Å²) >= 11 is 6.48. The number of carbonyl (C=O) groups excluding carboxylic acids is 1. The first-order chi connectivity index (χ1) is 5.74. The molecule has 0 amide bonds. The third kappa shape index (κ3) is 2.72. The number of hydrogen-bond acceptors (Lipinski definition) is 1. The second kappa shape index (κ2) is 4.77. The van der Waals surface area contributed by atoms with Crippen LogP contribution in [0.3, 0.4) is 0 Å². The standard InChI is InChI=1S/C9H8Br2O/c10-6-9(12)7-2-1-3-8(11)5-4-7/h1-5,7H,6H2. The molecule has 1 unspecified atom stereocenters. The van der Waals surface area contributed by atoms with Crippen LogP contribution in [0.2, 0.25) is 0 Å². The Labute approximate surface area is 88.5 Å². The van der Waals surface area contributed by atoms with Crippen LogP contribution in [-0.2, 0) is 4.79 Å². The van der Waals surface area contributed by atoms with Gasteiger partial charge in [-0.05, 0) is 6.08 Å². The Balaban J connectivity index is 2.73. The molecule has 1 aliphatic carbocycles. The summed E-state index contributed by atoms with van der Waals surface area (Å²) in [7, 11) is 0. The maximum absolute atomic E-state index is 11.2. The van der Waals surface area contributed by atoms with Gasteiger partial charge in [0.15, 0.2) is 5.78 Å². The van der Waals surface area contributed by atoms with Gasteiger partial charge in [0.05, 0.1) is 11.2 Å². The van der Waals surface area contributed by atoms with Crippen molar-refractivity contribution in [1.82, 2.24) is 0 Å². The summed E-state index contributed by atoms with van der Waals surface area (Å²) in [5.41, 5.74) is 0. The molecule has 0 aromatic rings. The van der Waals surface area contributed by atoms with Crippen molar-refractivity contribution in [2.45, 2.75) is 0 Å². The number of halogens is 2. The van der Waals surface area contributed by atoms with Crippen molar-refractivity contribution in [2.24, 2.45) is 5.92 Å². The van der Waals surface area contributed by atoms with Gasteiger partial charge in [-0.15, -0.1) is 0 Å². The average Bonchev–Trinajstić information content (AvgIpc) is 2.29.